The molecule has 0 aromatic heterocycles. The highest BCUT2D eigenvalue weighted by Crippen LogP contribution is 2.29. The lowest BCUT2D eigenvalue weighted by molar-refractivity contribution is 0.415. The van der Waals surface area contributed by atoms with Crippen molar-refractivity contribution < 1.29 is 13.5 Å². The van der Waals surface area contributed by atoms with Gasteiger partial charge in [0, 0.05) is 17.1 Å². The molecule has 0 aliphatic heterocycles. The molecule has 0 heterocycles. The van der Waals surface area contributed by atoms with Crippen molar-refractivity contribution in [3.05, 3.63) is 58.1 Å². The van der Waals surface area contributed by atoms with Crippen LogP contribution in [0.3, 0.4) is 0 Å². The summed E-state index contributed by atoms with van der Waals surface area (Å²) in [7, 11) is 0. The van der Waals surface area contributed by atoms with Gasteiger partial charge in [0.1, 0.15) is 5.75 Å². The van der Waals surface area contributed by atoms with Crippen LogP contribution in [0.25, 0.3) is 0 Å². The van der Waals surface area contributed by atoms with Crippen LogP contribution in [0.1, 0.15) is 19.4 Å². The van der Waals surface area contributed by atoms with Crippen LogP contribution < -0.4 is 10.1 Å². The van der Waals surface area contributed by atoms with Gasteiger partial charge in [-0.2, -0.15) is 4.39 Å². The molecule has 2 rings (SSSR count). The molecule has 0 unspecified atom stereocenters. The van der Waals surface area contributed by atoms with Crippen molar-refractivity contribution in [3.63, 3.8) is 0 Å². The highest BCUT2D eigenvalue weighted by Gasteiger charge is 2.12. The first-order chi connectivity index (χ1) is 9.95. The van der Waals surface area contributed by atoms with E-state index in [4.69, 9.17) is 4.74 Å². The van der Waals surface area contributed by atoms with Crippen LogP contribution in [0, 0.1) is 11.6 Å². The summed E-state index contributed by atoms with van der Waals surface area (Å²) in [4.78, 5) is 0. The Morgan fingerprint density at radius 2 is 1.81 bits per heavy atom. The Bertz CT molecular complexity index is 614. The lowest BCUT2D eigenvalue weighted by Gasteiger charge is -2.10. The lowest BCUT2D eigenvalue weighted by Crippen LogP contribution is -2.21. The minimum atomic E-state index is -0.997. The van der Waals surface area contributed by atoms with Crippen molar-refractivity contribution in [2.45, 2.75) is 26.4 Å². The number of rotatable bonds is 5. The first-order valence-electron chi connectivity index (χ1n) is 6.60. The Balaban J connectivity index is 2.10. The van der Waals surface area contributed by atoms with Crippen LogP contribution in [-0.4, -0.2) is 6.04 Å². The number of halogens is 3. The molecule has 0 aliphatic rings. The van der Waals surface area contributed by atoms with Crippen LogP contribution in [0.5, 0.6) is 11.5 Å². The summed E-state index contributed by atoms with van der Waals surface area (Å²) < 4.78 is 32.7. The average molecular weight is 356 g/mol. The van der Waals surface area contributed by atoms with Crippen LogP contribution in [0.4, 0.5) is 8.78 Å². The van der Waals surface area contributed by atoms with Gasteiger partial charge in [-0.05, 0) is 29.8 Å². The topological polar surface area (TPSA) is 21.3 Å². The normalized spacial score (nSPS) is 11.0. The van der Waals surface area contributed by atoms with E-state index in [9.17, 15) is 8.78 Å². The molecule has 0 atom stereocenters. The Morgan fingerprint density at radius 3 is 2.43 bits per heavy atom. The van der Waals surface area contributed by atoms with Gasteiger partial charge in [-0.3, -0.25) is 0 Å². The Hall–Kier alpha value is -1.46. The molecule has 1 N–H and O–H groups in total. The molecular weight excluding hydrogens is 340 g/mol. The van der Waals surface area contributed by atoms with Crippen LogP contribution in [0.15, 0.2) is 40.9 Å². The van der Waals surface area contributed by atoms with Gasteiger partial charge in [0.15, 0.2) is 11.6 Å². The van der Waals surface area contributed by atoms with E-state index in [1.807, 2.05) is 12.1 Å². The third kappa shape index (κ3) is 4.51. The predicted octanol–water partition coefficient (Wildman–Crippen LogP) is 5.02. The second-order valence-electron chi connectivity index (χ2n) is 4.98. The van der Waals surface area contributed by atoms with Crippen molar-refractivity contribution in [1.29, 1.82) is 0 Å². The molecule has 2 nitrogen and oxygen atoms in total. The fourth-order valence-electron chi connectivity index (χ4n) is 1.73. The molecule has 0 bridgehead atoms. The SMILES string of the molecule is CC(C)NCc1ccc(Oc2cc(Br)cc(F)c2F)cc1. The minimum Gasteiger partial charge on any atom is -0.454 e. The summed E-state index contributed by atoms with van der Waals surface area (Å²) >= 11 is 3.11. The van der Waals surface area contributed by atoms with Crippen molar-refractivity contribution >= 4 is 15.9 Å². The van der Waals surface area contributed by atoms with E-state index in [2.05, 4.69) is 35.1 Å². The molecule has 0 radical (unpaired) electrons. The molecular formula is C16H16BrF2NO. The monoisotopic (exact) mass is 355 g/mol. The van der Waals surface area contributed by atoms with E-state index >= 15 is 0 Å². The van der Waals surface area contributed by atoms with Gasteiger partial charge in [-0.25, -0.2) is 4.39 Å². The minimum absolute atomic E-state index is 0.144. The van der Waals surface area contributed by atoms with Gasteiger partial charge in [-0.15, -0.1) is 0 Å². The standard InChI is InChI=1S/C16H16BrF2NO/c1-10(2)20-9-11-3-5-13(6-4-11)21-15-8-12(17)7-14(18)16(15)19/h3-8,10,20H,9H2,1-2H3. The predicted molar refractivity (Wildman–Crippen MR) is 82.5 cm³/mol. The van der Waals surface area contributed by atoms with Crippen LogP contribution >= 0.6 is 15.9 Å². The van der Waals surface area contributed by atoms with Crippen molar-refractivity contribution in [1.82, 2.24) is 5.32 Å². The van der Waals surface area contributed by atoms with Gasteiger partial charge in [0.2, 0.25) is 5.82 Å². The van der Waals surface area contributed by atoms with Crippen molar-refractivity contribution in [2.24, 2.45) is 0 Å². The number of hydrogen-bond acceptors (Lipinski definition) is 2. The Kier molecular flexibility index (Phi) is 5.31. The molecule has 2 aromatic carbocycles. The quantitative estimate of drug-likeness (QED) is 0.760. The first kappa shape index (κ1) is 15.9. The largest absolute Gasteiger partial charge is 0.454 e. The summed E-state index contributed by atoms with van der Waals surface area (Å²) in [5, 5.41) is 3.30. The van der Waals surface area contributed by atoms with E-state index in [1.54, 1.807) is 12.1 Å². The molecule has 0 fully saturated rings. The fourth-order valence-corrected chi connectivity index (χ4v) is 2.14. The second kappa shape index (κ2) is 7.00. The van der Waals surface area contributed by atoms with Crippen LogP contribution in [0.2, 0.25) is 0 Å². The van der Waals surface area contributed by atoms with Gasteiger partial charge in [0.05, 0.1) is 0 Å². The van der Waals surface area contributed by atoms with E-state index < -0.39 is 11.6 Å². The summed E-state index contributed by atoms with van der Waals surface area (Å²) in [6.07, 6.45) is 0. The summed E-state index contributed by atoms with van der Waals surface area (Å²) in [6.45, 7) is 4.89. The zero-order valence-electron chi connectivity index (χ0n) is 11.8. The summed E-state index contributed by atoms with van der Waals surface area (Å²) in [5.41, 5.74) is 1.09. The van der Waals surface area contributed by atoms with Crippen LogP contribution in [-0.2, 0) is 6.54 Å². The maximum Gasteiger partial charge on any atom is 0.201 e. The molecule has 0 amide bonds. The molecule has 5 heteroatoms. The second-order valence-corrected chi connectivity index (χ2v) is 5.90. The van der Waals surface area contributed by atoms with Gasteiger partial charge < -0.3 is 10.1 Å². The van der Waals surface area contributed by atoms with Crippen molar-refractivity contribution in [3.8, 4) is 11.5 Å². The van der Waals surface area contributed by atoms with E-state index in [0.29, 0.717) is 16.3 Å². The molecule has 0 spiro atoms. The molecule has 0 aliphatic carbocycles. The molecule has 112 valence electrons. The zero-order valence-corrected chi connectivity index (χ0v) is 13.4. The summed E-state index contributed by atoms with van der Waals surface area (Å²) in [6, 6.07) is 10.1. The number of hydrogen-bond donors (Lipinski definition) is 1. The molecule has 0 saturated heterocycles. The summed E-state index contributed by atoms with van der Waals surface area (Å²) in [5.74, 6) is -1.63. The van der Waals surface area contributed by atoms with Gasteiger partial charge in [0.25, 0.3) is 0 Å². The third-order valence-electron chi connectivity index (χ3n) is 2.83. The van der Waals surface area contributed by atoms with E-state index in [1.165, 1.54) is 6.07 Å². The number of nitrogens with one attached hydrogen (secondary N) is 1. The van der Waals surface area contributed by atoms with Gasteiger partial charge in [-0.1, -0.05) is 41.9 Å². The third-order valence-corrected chi connectivity index (χ3v) is 3.28. The highest BCUT2D eigenvalue weighted by atomic mass is 79.9. The zero-order chi connectivity index (χ0) is 15.4. The maximum atomic E-state index is 13.6. The fraction of sp³-hybridized carbons (Fsp3) is 0.250. The van der Waals surface area contributed by atoms with Crippen molar-refractivity contribution in [2.75, 3.05) is 0 Å². The average Bonchev–Trinajstić information content (AvgIpc) is 2.43. The van der Waals surface area contributed by atoms with Gasteiger partial charge >= 0.3 is 0 Å². The maximum absolute atomic E-state index is 13.6. The van der Waals surface area contributed by atoms with E-state index in [-0.39, 0.29) is 5.75 Å². The molecule has 0 saturated carbocycles. The highest BCUT2D eigenvalue weighted by molar-refractivity contribution is 9.10. The Morgan fingerprint density at radius 1 is 1.14 bits per heavy atom. The first-order valence-corrected chi connectivity index (χ1v) is 7.39. The number of ether oxygens (including phenoxy) is 1. The molecule has 2 aromatic rings. The molecule has 21 heavy (non-hydrogen) atoms. The lowest BCUT2D eigenvalue weighted by atomic mass is 10.2. The van der Waals surface area contributed by atoms with E-state index in [0.717, 1.165) is 18.2 Å². The smallest absolute Gasteiger partial charge is 0.201 e. The Labute approximate surface area is 131 Å². The number of benzene rings is 2.